The molecule has 0 heterocycles. The van der Waals surface area contributed by atoms with Gasteiger partial charge < -0.3 is 5.32 Å². The van der Waals surface area contributed by atoms with Crippen molar-refractivity contribution < 1.29 is 4.79 Å². The summed E-state index contributed by atoms with van der Waals surface area (Å²) in [4.78, 5) is 12.2. The third kappa shape index (κ3) is 3.04. The Morgan fingerprint density at radius 1 is 1.00 bits per heavy atom. The van der Waals surface area contributed by atoms with Crippen molar-refractivity contribution in [3.63, 3.8) is 0 Å². The molecule has 3 heteroatoms. The predicted molar refractivity (Wildman–Crippen MR) is 86.9 cm³/mol. The molecule has 0 aromatic heterocycles. The molecule has 0 spiro atoms. The molecule has 0 saturated heterocycles. The summed E-state index contributed by atoms with van der Waals surface area (Å²) >= 11 is 3.47. The van der Waals surface area contributed by atoms with Crippen LogP contribution in [0.1, 0.15) is 32.1 Å². The molecule has 1 N–H and O–H groups in total. The van der Waals surface area contributed by atoms with Crippen molar-refractivity contribution in [2.45, 2.75) is 32.1 Å². The van der Waals surface area contributed by atoms with Gasteiger partial charge in [0, 0.05) is 16.1 Å². The van der Waals surface area contributed by atoms with E-state index in [4.69, 9.17) is 0 Å². The average molecular weight is 332 g/mol. The predicted octanol–water partition coefficient (Wildman–Crippen LogP) is 5.12. The first kappa shape index (κ1) is 13.6. The van der Waals surface area contributed by atoms with Gasteiger partial charge in [-0.1, -0.05) is 47.3 Å². The minimum Gasteiger partial charge on any atom is -0.326 e. The molecule has 0 unspecified atom stereocenters. The van der Waals surface area contributed by atoms with E-state index in [0.717, 1.165) is 28.4 Å². The van der Waals surface area contributed by atoms with Crippen LogP contribution in [0.25, 0.3) is 10.8 Å². The first-order chi connectivity index (χ1) is 9.72. The van der Waals surface area contributed by atoms with Crippen molar-refractivity contribution in [3.05, 3.63) is 40.9 Å². The Morgan fingerprint density at radius 2 is 1.70 bits per heavy atom. The molecule has 104 valence electrons. The zero-order chi connectivity index (χ0) is 13.9. The lowest BCUT2D eigenvalue weighted by Crippen LogP contribution is -2.24. The summed E-state index contributed by atoms with van der Waals surface area (Å²) < 4.78 is 1.07. The van der Waals surface area contributed by atoms with Crippen LogP contribution in [-0.4, -0.2) is 5.91 Å². The third-order valence-corrected chi connectivity index (χ3v) is 4.54. The molecule has 2 aromatic carbocycles. The standard InChI is InChI=1S/C17H18BrNO/c18-15-8-6-14-11-16(9-7-13(14)10-15)19-17(20)12-4-2-1-3-5-12/h6-12H,1-5H2,(H,19,20). The summed E-state index contributed by atoms with van der Waals surface area (Å²) in [5.41, 5.74) is 0.899. The van der Waals surface area contributed by atoms with Crippen LogP contribution in [-0.2, 0) is 4.79 Å². The van der Waals surface area contributed by atoms with Gasteiger partial charge in [-0.3, -0.25) is 4.79 Å². The number of rotatable bonds is 2. The number of carbonyl (C=O) groups is 1. The Morgan fingerprint density at radius 3 is 2.50 bits per heavy atom. The Hall–Kier alpha value is -1.35. The van der Waals surface area contributed by atoms with Gasteiger partial charge in [0.1, 0.15) is 0 Å². The summed E-state index contributed by atoms with van der Waals surface area (Å²) in [6.07, 6.45) is 5.71. The van der Waals surface area contributed by atoms with E-state index >= 15 is 0 Å². The Balaban J connectivity index is 1.76. The first-order valence-electron chi connectivity index (χ1n) is 7.22. The van der Waals surface area contributed by atoms with E-state index in [1.54, 1.807) is 0 Å². The van der Waals surface area contributed by atoms with E-state index in [1.165, 1.54) is 24.6 Å². The minimum atomic E-state index is 0.182. The van der Waals surface area contributed by atoms with Crippen molar-refractivity contribution in [1.82, 2.24) is 0 Å². The summed E-state index contributed by atoms with van der Waals surface area (Å²) in [5, 5.41) is 5.39. The van der Waals surface area contributed by atoms with Crippen molar-refractivity contribution in [2.75, 3.05) is 5.32 Å². The molecule has 2 nitrogen and oxygen atoms in total. The fraction of sp³-hybridized carbons (Fsp3) is 0.353. The molecule has 1 saturated carbocycles. The lowest BCUT2D eigenvalue weighted by atomic mass is 9.88. The molecule has 1 aliphatic carbocycles. The number of anilines is 1. The van der Waals surface area contributed by atoms with Gasteiger partial charge in [0.15, 0.2) is 0 Å². The number of halogens is 1. The molecular formula is C17H18BrNO. The normalized spacial score (nSPS) is 16.2. The highest BCUT2D eigenvalue weighted by atomic mass is 79.9. The second kappa shape index (κ2) is 5.96. The fourth-order valence-electron chi connectivity index (χ4n) is 2.90. The number of carbonyl (C=O) groups excluding carboxylic acids is 1. The van der Waals surface area contributed by atoms with Crippen LogP contribution in [0.3, 0.4) is 0 Å². The lowest BCUT2D eigenvalue weighted by molar-refractivity contribution is -0.120. The quantitative estimate of drug-likeness (QED) is 0.812. The maximum absolute atomic E-state index is 12.2. The maximum Gasteiger partial charge on any atom is 0.227 e. The minimum absolute atomic E-state index is 0.182. The third-order valence-electron chi connectivity index (χ3n) is 4.05. The topological polar surface area (TPSA) is 29.1 Å². The van der Waals surface area contributed by atoms with E-state index in [2.05, 4.69) is 39.4 Å². The van der Waals surface area contributed by atoms with Crippen LogP contribution >= 0.6 is 15.9 Å². The average Bonchev–Trinajstić information content (AvgIpc) is 2.48. The van der Waals surface area contributed by atoms with E-state index < -0.39 is 0 Å². The van der Waals surface area contributed by atoms with Crippen LogP contribution in [0.15, 0.2) is 40.9 Å². The van der Waals surface area contributed by atoms with Crippen molar-refractivity contribution in [3.8, 4) is 0 Å². The van der Waals surface area contributed by atoms with Gasteiger partial charge in [-0.25, -0.2) is 0 Å². The summed E-state index contributed by atoms with van der Waals surface area (Å²) in [6.45, 7) is 0. The van der Waals surface area contributed by atoms with Crippen LogP contribution < -0.4 is 5.32 Å². The molecule has 0 aliphatic heterocycles. The van der Waals surface area contributed by atoms with Gasteiger partial charge in [-0.05, 0) is 47.9 Å². The van der Waals surface area contributed by atoms with Crippen LogP contribution in [0.5, 0.6) is 0 Å². The first-order valence-corrected chi connectivity index (χ1v) is 8.02. The van der Waals surface area contributed by atoms with Gasteiger partial charge in [0.05, 0.1) is 0 Å². The van der Waals surface area contributed by atoms with E-state index in [9.17, 15) is 4.79 Å². The van der Waals surface area contributed by atoms with Crippen molar-refractivity contribution >= 4 is 38.3 Å². The second-order valence-corrected chi connectivity index (χ2v) is 6.45. The Bertz CT molecular complexity index is 632. The van der Waals surface area contributed by atoms with Gasteiger partial charge in [-0.2, -0.15) is 0 Å². The molecular weight excluding hydrogens is 314 g/mol. The molecule has 1 fully saturated rings. The molecule has 1 aliphatic rings. The Kier molecular flexibility index (Phi) is 4.06. The molecule has 0 radical (unpaired) electrons. The lowest BCUT2D eigenvalue weighted by Gasteiger charge is -2.20. The highest BCUT2D eigenvalue weighted by Gasteiger charge is 2.20. The van der Waals surface area contributed by atoms with Crippen LogP contribution in [0.2, 0.25) is 0 Å². The highest BCUT2D eigenvalue weighted by molar-refractivity contribution is 9.10. The number of hydrogen-bond donors (Lipinski definition) is 1. The highest BCUT2D eigenvalue weighted by Crippen LogP contribution is 2.26. The molecule has 20 heavy (non-hydrogen) atoms. The fourth-order valence-corrected chi connectivity index (χ4v) is 3.28. The zero-order valence-corrected chi connectivity index (χ0v) is 12.9. The SMILES string of the molecule is O=C(Nc1ccc2cc(Br)ccc2c1)C1CCCCC1. The van der Waals surface area contributed by atoms with Crippen LogP contribution in [0.4, 0.5) is 5.69 Å². The zero-order valence-electron chi connectivity index (χ0n) is 11.4. The van der Waals surface area contributed by atoms with E-state index in [0.29, 0.717) is 0 Å². The monoisotopic (exact) mass is 331 g/mol. The summed E-state index contributed by atoms with van der Waals surface area (Å²) in [7, 11) is 0. The number of benzene rings is 2. The maximum atomic E-state index is 12.2. The van der Waals surface area contributed by atoms with E-state index in [1.807, 2.05) is 18.2 Å². The molecule has 0 atom stereocenters. The smallest absolute Gasteiger partial charge is 0.227 e. The number of fused-ring (bicyclic) bond motifs is 1. The molecule has 2 aromatic rings. The van der Waals surface area contributed by atoms with Crippen LogP contribution in [0, 0.1) is 5.92 Å². The largest absolute Gasteiger partial charge is 0.326 e. The van der Waals surface area contributed by atoms with Crippen molar-refractivity contribution in [2.24, 2.45) is 5.92 Å². The molecule has 0 bridgehead atoms. The summed E-state index contributed by atoms with van der Waals surface area (Å²) in [6, 6.07) is 12.3. The Labute approximate surface area is 127 Å². The number of amides is 1. The molecule has 3 rings (SSSR count). The summed E-state index contributed by atoms with van der Waals surface area (Å²) in [5.74, 6) is 0.380. The second-order valence-electron chi connectivity index (χ2n) is 5.53. The van der Waals surface area contributed by atoms with Crippen molar-refractivity contribution in [1.29, 1.82) is 0 Å². The van der Waals surface area contributed by atoms with Gasteiger partial charge in [0.25, 0.3) is 0 Å². The number of hydrogen-bond acceptors (Lipinski definition) is 1. The van der Waals surface area contributed by atoms with E-state index in [-0.39, 0.29) is 11.8 Å². The van der Waals surface area contributed by atoms with Gasteiger partial charge in [0.2, 0.25) is 5.91 Å². The number of nitrogens with one attached hydrogen (secondary N) is 1. The van der Waals surface area contributed by atoms with Gasteiger partial charge >= 0.3 is 0 Å². The molecule has 1 amide bonds. The van der Waals surface area contributed by atoms with Gasteiger partial charge in [-0.15, -0.1) is 0 Å².